The van der Waals surface area contributed by atoms with Gasteiger partial charge in [-0.05, 0) is 6.07 Å². The molecule has 0 aliphatic rings. The van der Waals surface area contributed by atoms with E-state index in [1.165, 1.54) is 10.9 Å². The Morgan fingerprint density at radius 2 is 2.64 bits per heavy atom. The van der Waals surface area contributed by atoms with E-state index in [2.05, 4.69) is 9.84 Å². The van der Waals surface area contributed by atoms with E-state index in [1.807, 2.05) is 0 Å². The van der Waals surface area contributed by atoms with Crippen molar-refractivity contribution in [2.75, 3.05) is 6.73 Å². The van der Waals surface area contributed by atoms with Crippen LogP contribution in [0.15, 0.2) is 12.3 Å². The maximum Gasteiger partial charge on any atom is 0.357 e. The Bertz CT molecular complexity index is 256. The number of rotatable bonds is 2. The van der Waals surface area contributed by atoms with Gasteiger partial charge in [0.05, 0.1) is 0 Å². The molecule has 5 nitrogen and oxygen atoms in total. The fraction of sp³-hybridized carbons (Fsp3) is 0.333. The van der Waals surface area contributed by atoms with Gasteiger partial charge in [-0.25, -0.2) is 4.79 Å². The van der Waals surface area contributed by atoms with E-state index in [9.17, 15) is 4.79 Å². The van der Waals surface area contributed by atoms with Crippen LogP contribution < -0.4 is 5.73 Å². The fourth-order valence-corrected chi connectivity index (χ4v) is 0.724. The van der Waals surface area contributed by atoms with Gasteiger partial charge in [-0.3, -0.25) is 10.4 Å². The van der Waals surface area contributed by atoms with Crippen LogP contribution in [0.25, 0.3) is 0 Å². The lowest BCUT2D eigenvalue weighted by molar-refractivity contribution is 0.0502. The summed E-state index contributed by atoms with van der Waals surface area (Å²) in [6.45, 7) is -0.107. The summed E-state index contributed by atoms with van der Waals surface area (Å²) in [6.07, 6.45) is 1.52. The van der Waals surface area contributed by atoms with Crippen LogP contribution in [0.2, 0.25) is 0 Å². The van der Waals surface area contributed by atoms with Crippen LogP contribution in [-0.2, 0) is 11.8 Å². The minimum Gasteiger partial charge on any atom is -0.445 e. The fourth-order valence-electron chi connectivity index (χ4n) is 0.724. The Balaban J connectivity index is 2.76. The first kappa shape index (κ1) is 7.74. The molecule has 0 saturated carbocycles. The van der Waals surface area contributed by atoms with E-state index in [4.69, 9.17) is 5.73 Å². The van der Waals surface area contributed by atoms with Gasteiger partial charge in [-0.1, -0.05) is 0 Å². The average Bonchev–Trinajstić information content (AvgIpc) is 2.36. The summed E-state index contributed by atoms with van der Waals surface area (Å²) >= 11 is 0. The number of esters is 1. The van der Waals surface area contributed by atoms with Gasteiger partial charge in [0.25, 0.3) is 0 Å². The van der Waals surface area contributed by atoms with Gasteiger partial charge in [0, 0.05) is 13.2 Å². The molecule has 2 N–H and O–H groups in total. The molecule has 0 fully saturated rings. The zero-order chi connectivity index (χ0) is 8.27. The standard InChI is InChI=1S/C6H9N3O2/c1-9-5(2-3-8-9)6(10)11-4-7/h2-3H,4,7H2,1H3. The molecule has 0 aliphatic heterocycles. The molecule has 1 heterocycles. The summed E-state index contributed by atoms with van der Waals surface area (Å²) < 4.78 is 5.97. The zero-order valence-corrected chi connectivity index (χ0v) is 6.15. The number of carbonyl (C=O) groups is 1. The number of hydrogen-bond acceptors (Lipinski definition) is 4. The number of hydrogen-bond donors (Lipinski definition) is 1. The Labute approximate surface area is 63.7 Å². The van der Waals surface area contributed by atoms with E-state index in [1.54, 1.807) is 13.1 Å². The van der Waals surface area contributed by atoms with Gasteiger partial charge in [-0.15, -0.1) is 0 Å². The molecule has 0 spiro atoms. The monoisotopic (exact) mass is 155 g/mol. The minimum atomic E-state index is -0.451. The molecule has 0 amide bonds. The first-order chi connectivity index (χ1) is 5.25. The van der Waals surface area contributed by atoms with Crippen LogP contribution in [0, 0.1) is 0 Å². The molecule has 0 atom stereocenters. The summed E-state index contributed by atoms with van der Waals surface area (Å²) in [6, 6.07) is 1.57. The van der Waals surface area contributed by atoms with Crippen LogP contribution in [0.5, 0.6) is 0 Å². The van der Waals surface area contributed by atoms with Crippen molar-refractivity contribution in [1.29, 1.82) is 0 Å². The van der Waals surface area contributed by atoms with Gasteiger partial charge >= 0.3 is 5.97 Å². The molecule has 0 bridgehead atoms. The Morgan fingerprint density at radius 1 is 1.91 bits per heavy atom. The maximum absolute atomic E-state index is 11.0. The highest BCUT2D eigenvalue weighted by Crippen LogP contribution is 1.97. The first-order valence-electron chi connectivity index (χ1n) is 3.11. The van der Waals surface area contributed by atoms with Gasteiger partial charge in [0.2, 0.25) is 0 Å². The SMILES string of the molecule is Cn1nccc1C(=O)OCN. The molecule has 1 aromatic heterocycles. The van der Waals surface area contributed by atoms with E-state index in [-0.39, 0.29) is 6.73 Å². The molecule has 0 unspecified atom stereocenters. The van der Waals surface area contributed by atoms with E-state index in [0.717, 1.165) is 0 Å². The van der Waals surface area contributed by atoms with E-state index < -0.39 is 5.97 Å². The van der Waals surface area contributed by atoms with Crippen molar-refractivity contribution in [2.24, 2.45) is 12.8 Å². The Hall–Kier alpha value is -1.36. The van der Waals surface area contributed by atoms with Crippen molar-refractivity contribution in [3.8, 4) is 0 Å². The number of ether oxygens (including phenoxy) is 1. The molecule has 5 heteroatoms. The first-order valence-corrected chi connectivity index (χ1v) is 3.11. The molecular formula is C6H9N3O2. The molecule has 0 saturated heterocycles. The highest BCUT2D eigenvalue weighted by Gasteiger charge is 2.09. The third-order valence-corrected chi connectivity index (χ3v) is 1.24. The summed E-state index contributed by atoms with van der Waals surface area (Å²) in [5.41, 5.74) is 5.41. The van der Waals surface area contributed by atoms with Gasteiger partial charge in [0.1, 0.15) is 12.4 Å². The van der Waals surface area contributed by atoms with E-state index in [0.29, 0.717) is 5.69 Å². The Kier molecular flexibility index (Phi) is 2.22. The zero-order valence-electron chi connectivity index (χ0n) is 6.15. The number of aryl methyl sites for hydroxylation is 1. The second-order valence-corrected chi connectivity index (χ2v) is 1.94. The highest BCUT2D eigenvalue weighted by atomic mass is 16.5. The molecule has 60 valence electrons. The number of carbonyl (C=O) groups excluding carboxylic acids is 1. The smallest absolute Gasteiger partial charge is 0.357 e. The lowest BCUT2D eigenvalue weighted by Gasteiger charge is -1.99. The van der Waals surface area contributed by atoms with E-state index >= 15 is 0 Å². The lowest BCUT2D eigenvalue weighted by Crippen LogP contribution is -2.15. The number of aromatic nitrogens is 2. The van der Waals surface area contributed by atoms with Crippen LogP contribution in [-0.4, -0.2) is 22.5 Å². The molecule has 0 aliphatic carbocycles. The van der Waals surface area contributed by atoms with Crippen molar-refractivity contribution in [2.45, 2.75) is 0 Å². The molecule has 1 rings (SSSR count). The topological polar surface area (TPSA) is 70.1 Å². The number of nitrogens with two attached hydrogens (primary N) is 1. The normalized spacial score (nSPS) is 9.64. The summed E-state index contributed by atoms with van der Waals surface area (Å²) in [5.74, 6) is -0.451. The lowest BCUT2D eigenvalue weighted by atomic mass is 10.4. The summed E-state index contributed by atoms with van der Waals surface area (Å²) in [5, 5.41) is 3.79. The van der Waals surface area contributed by atoms with Crippen LogP contribution in [0.1, 0.15) is 10.5 Å². The van der Waals surface area contributed by atoms with Crippen molar-refractivity contribution in [3.63, 3.8) is 0 Å². The highest BCUT2D eigenvalue weighted by molar-refractivity contribution is 5.87. The second-order valence-electron chi connectivity index (χ2n) is 1.94. The Morgan fingerprint density at radius 3 is 3.09 bits per heavy atom. The third kappa shape index (κ3) is 1.56. The molecule has 0 aromatic carbocycles. The largest absolute Gasteiger partial charge is 0.445 e. The maximum atomic E-state index is 11.0. The minimum absolute atomic E-state index is 0.107. The molecule has 1 aromatic rings. The average molecular weight is 155 g/mol. The second kappa shape index (κ2) is 3.16. The van der Waals surface area contributed by atoms with Gasteiger partial charge < -0.3 is 4.74 Å². The van der Waals surface area contributed by atoms with Crippen LogP contribution in [0.4, 0.5) is 0 Å². The van der Waals surface area contributed by atoms with Crippen LogP contribution >= 0.6 is 0 Å². The van der Waals surface area contributed by atoms with Gasteiger partial charge in [0.15, 0.2) is 0 Å². The van der Waals surface area contributed by atoms with Crippen LogP contribution in [0.3, 0.4) is 0 Å². The summed E-state index contributed by atoms with van der Waals surface area (Å²) in [4.78, 5) is 11.0. The molecule has 11 heavy (non-hydrogen) atoms. The van der Waals surface area contributed by atoms with Crippen molar-refractivity contribution >= 4 is 5.97 Å². The van der Waals surface area contributed by atoms with Crippen molar-refractivity contribution < 1.29 is 9.53 Å². The molecular weight excluding hydrogens is 146 g/mol. The van der Waals surface area contributed by atoms with Crippen molar-refractivity contribution in [3.05, 3.63) is 18.0 Å². The quantitative estimate of drug-likeness (QED) is 0.461. The molecule has 0 radical (unpaired) electrons. The summed E-state index contributed by atoms with van der Waals surface area (Å²) in [7, 11) is 1.66. The third-order valence-electron chi connectivity index (χ3n) is 1.24. The van der Waals surface area contributed by atoms with Crippen molar-refractivity contribution in [1.82, 2.24) is 9.78 Å². The predicted octanol–water partition coefficient (Wildman–Crippen LogP) is -0.507. The van der Waals surface area contributed by atoms with Gasteiger partial charge in [-0.2, -0.15) is 5.10 Å². The predicted molar refractivity (Wildman–Crippen MR) is 37.7 cm³/mol. The number of nitrogens with zero attached hydrogens (tertiary/aromatic N) is 2.